The summed E-state index contributed by atoms with van der Waals surface area (Å²) in [6.07, 6.45) is 2.10. The molecule has 1 heterocycles. The number of nitrogens with zero attached hydrogens (tertiary/aromatic N) is 1. The van der Waals surface area contributed by atoms with Crippen LogP contribution in [0.3, 0.4) is 0 Å². The smallest absolute Gasteiger partial charge is 0.251 e. The van der Waals surface area contributed by atoms with Crippen LogP contribution in [0, 0.1) is 6.92 Å². The van der Waals surface area contributed by atoms with E-state index in [2.05, 4.69) is 5.32 Å². The van der Waals surface area contributed by atoms with Gasteiger partial charge in [0, 0.05) is 24.3 Å². The van der Waals surface area contributed by atoms with Crippen molar-refractivity contribution in [1.29, 1.82) is 0 Å². The van der Waals surface area contributed by atoms with Crippen LogP contribution in [0.2, 0.25) is 0 Å². The van der Waals surface area contributed by atoms with E-state index >= 15 is 0 Å². The number of nitrogens with one attached hydrogen (secondary N) is 1. The number of hydrogen-bond acceptors (Lipinski definition) is 3. The van der Waals surface area contributed by atoms with Crippen LogP contribution in [0.4, 0.5) is 5.69 Å². The van der Waals surface area contributed by atoms with E-state index in [1.807, 2.05) is 6.92 Å². The number of carbonyl (C=O) groups is 2. The van der Waals surface area contributed by atoms with Crippen LogP contribution >= 0.6 is 0 Å². The highest BCUT2D eigenvalue weighted by Crippen LogP contribution is 2.12. The molecule has 5 nitrogen and oxygen atoms in total. The first-order valence-electron chi connectivity index (χ1n) is 6.50. The molecule has 1 aromatic carbocycles. The molecule has 0 aliphatic carbocycles. The maximum atomic E-state index is 11.9. The van der Waals surface area contributed by atoms with E-state index in [9.17, 15) is 9.59 Å². The topological polar surface area (TPSA) is 75.4 Å². The summed E-state index contributed by atoms with van der Waals surface area (Å²) in [5.41, 5.74) is 7.75. The molecule has 19 heavy (non-hydrogen) atoms. The third-order valence-corrected chi connectivity index (χ3v) is 3.39. The van der Waals surface area contributed by atoms with Gasteiger partial charge in [0.25, 0.3) is 5.91 Å². The normalized spacial score (nSPS) is 14.5. The van der Waals surface area contributed by atoms with E-state index in [0.29, 0.717) is 11.3 Å². The monoisotopic (exact) mass is 261 g/mol. The first-order chi connectivity index (χ1) is 9.08. The van der Waals surface area contributed by atoms with Crippen molar-refractivity contribution in [2.45, 2.75) is 19.8 Å². The van der Waals surface area contributed by atoms with E-state index in [4.69, 9.17) is 5.73 Å². The molecule has 0 unspecified atom stereocenters. The van der Waals surface area contributed by atoms with Crippen molar-refractivity contribution in [1.82, 2.24) is 10.2 Å². The molecule has 2 rings (SSSR count). The Morgan fingerprint density at radius 2 is 2.00 bits per heavy atom. The second-order valence-electron chi connectivity index (χ2n) is 4.84. The number of anilines is 1. The Morgan fingerprint density at radius 3 is 2.63 bits per heavy atom. The van der Waals surface area contributed by atoms with E-state index in [0.717, 1.165) is 31.5 Å². The van der Waals surface area contributed by atoms with Crippen molar-refractivity contribution in [3.8, 4) is 0 Å². The fourth-order valence-electron chi connectivity index (χ4n) is 2.15. The lowest BCUT2D eigenvalue weighted by Crippen LogP contribution is -2.38. The van der Waals surface area contributed by atoms with Crippen molar-refractivity contribution >= 4 is 17.5 Å². The lowest BCUT2D eigenvalue weighted by Gasteiger charge is -2.15. The number of hydrogen-bond donors (Lipinski definition) is 2. The Bertz CT molecular complexity index is 493. The van der Waals surface area contributed by atoms with Crippen LogP contribution in [0.15, 0.2) is 18.2 Å². The lowest BCUT2D eigenvalue weighted by atomic mass is 10.1. The zero-order valence-corrected chi connectivity index (χ0v) is 11.1. The number of nitrogens with two attached hydrogens (primary N) is 1. The second-order valence-corrected chi connectivity index (χ2v) is 4.84. The van der Waals surface area contributed by atoms with Crippen molar-refractivity contribution in [2.24, 2.45) is 0 Å². The maximum absolute atomic E-state index is 11.9. The van der Waals surface area contributed by atoms with Crippen LogP contribution < -0.4 is 11.1 Å². The Morgan fingerprint density at radius 1 is 1.32 bits per heavy atom. The quantitative estimate of drug-likeness (QED) is 0.795. The molecular weight excluding hydrogens is 242 g/mol. The fourth-order valence-corrected chi connectivity index (χ4v) is 2.15. The van der Waals surface area contributed by atoms with Gasteiger partial charge in [-0.15, -0.1) is 0 Å². The number of amides is 2. The van der Waals surface area contributed by atoms with E-state index in [-0.39, 0.29) is 18.4 Å². The summed E-state index contributed by atoms with van der Waals surface area (Å²) in [5.74, 6) is -0.256. The molecule has 0 atom stereocenters. The van der Waals surface area contributed by atoms with Crippen molar-refractivity contribution in [3.63, 3.8) is 0 Å². The third kappa shape index (κ3) is 3.24. The van der Waals surface area contributed by atoms with E-state index in [1.54, 1.807) is 23.1 Å². The molecule has 0 saturated carbocycles. The minimum absolute atomic E-state index is 0.0157. The van der Waals surface area contributed by atoms with Gasteiger partial charge < -0.3 is 16.0 Å². The van der Waals surface area contributed by atoms with Gasteiger partial charge in [0.05, 0.1) is 6.54 Å². The molecule has 1 aromatic rings. The molecule has 1 aliphatic heterocycles. The maximum Gasteiger partial charge on any atom is 0.251 e. The van der Waals surface area contributed by atoms with Crippen LogP contribution in [0.1, 0.15) is 28.8 Å². The van der Waals surface area contributed by atoms with Gasteiger partial charge in [0.1, 0.15) is 0 Å². The number of rotatable bonds is 3. The summed E-state index contributed by atoms with van der Waals surface area (Å²) in [7, 11) is 0. The van der Waals surface area contributed by atoms with Crippen LogP contribution in [-0.2, 0) is 4.79 Å². The minimum Gasteiger partial charge on any atom is -0.399 e. The molecule has 0 bridgehead atoms. The highest BCUT2D eigenvalue weighted by molar-refractivity contribution is 5.97. The minimum atomic E-state index is -0.240. The van der Waals surface area contributed by atoms with Gasteiger partial charge in [-0.1, -0.05) is 0 Å². The lowest BCUT2D eigenvalue weighted by molar-refractivity contribution is -0.129. The summed E-state index contributed by atoms with van der Waals surface area (Å²) in [6.45, 7) is 3.51. The molecule has 0 aromatic heterocycles. The Hall–Kier alpha value is -2.04. The molecule has 2 amide bonds. The summed E-state index contributed by atoms with van der Waals surface area (Å²) < 4.78 is 0. The average Bonchev–Trinajstić information content (AvgIpc) is 2.92. The molecule has 0 radical (unpaired) electrons. The number of benzene rings is 1. The fraction of sp³-hybridized carbons (Fsp3) is 0.429. The first-order valence-corrected chi connectivity index (χ1v) is 6.50. The van der Waals surface area contributed by atoms with Gasteiger partial charge in [-0.2, -0.15) is 0 Å². The van der Waals surface area contributed by atoms with E-state index < -0.39 is 0 Å². The largest absolute Gasteiger partial charge is 0.399 e. The predicted octanol–water partition coefficient (Wildman–Crippen LogP) is 0.929. The molecular formula is C14H19N3O2. The van der Waals surface area contributed by atoms with Gasteiger partial charge in [-0.3, -0.25) is 9.59 Å². The van der Waals surface area contributed by atoms with Crippen molar-refractivity contribution in [2.75, 3.05) is 25.4 Å². The number of carbonyl (C=O) groups excluding carboxylic acids is 2. The first kappa shape index (κ1) is 13.4. The van der Waals surface area contributed by atoms with Gasteiger partial charge >= 0.3 is 0 Å². The van der Waals surface area contributed by atoms with Crippen molar-refractivity contribution in [3.05, 3.63) is 29.3 Å². The summed E-state index contributed by atoms with van der Waals surface area (Å²) >= 11 is 0. The van der Waals surface area contributed by atoms with Gasteiger partial charge in [0.2, 0.25) is 5.91 Å². The summed E-state index contributed by atoms with van der Waals surface area (Å²) in [4.78, 5) is 25.5. The molecule has 102 valence electrons. The zero-order valence-electron chi connectivity index (χ0n) is 11.1. The van der Waals surface area contributed by atoms with Crippen molar-refractivity contribution < 1.29 is 9.59 Å². The Labute approximate surface area is 112 Å². The molecule has 5 heteroatoms. The average molecular weight is 261 g/mol. The zero-order chi connectivity index (χ0) is 13.8. The highest BCUT2D eigenvalue weighted by atomic mass is 16.2. The summed E-state index contributed by atoms with van der Waals surface area (Å²) in [6, 6.07) is 5.09. The molecule has 1 fully saturated rings. The van der Waals surface area contributed by atoms with Gasteiger partial charge in [0.15, 0.2) is 0 Å². The Kier molecular flexibility index (Phi) is 4.04. The van der Waals surface area contributed by atoms with Gasteiger partial charge in [-0.05, 0) is 43.5 Å². The number of aryl methyl sites for hydroxylation is 1. The van der Waals surface area contributed by atoms with Gasteiger partial charge in [-0.25, -0.2) is 0 Å². The SMILES string of the molecule is Cc1cc(C(=O)NCC(=O)N2CCCC2)ccc1N. The highest BCUT2D eigenvalue weighted by Gasteiger charge is 2.18. The molecule has 0 spiro atoms. The number of nitrogen functional groups attached to an aromatic ring is 1. The van der Waals surface area contributed by atoms with Crippen LogP contribution in [0.25, 0.3) is 0 Å². The Balaban J connectivity index is 1.90. The molecule has 3 N–H and O–H groups in total. The molecule has 1 aliphatic rings. The predicted molar refractivity (Wildman–Crippen MR) is 73.7 cm³/mol. The summed E-state index contributed by atoms with van der Waals surface area (Å²) in [5, 5.41) is 2.65. The standard InChI is InChI=1S/C14H19N3O2/c1-10-8-11(4-5-12(10)15)14(19)16-9-13(18)17-6-2-3-7-17/h4-5,8H,2-3,6-7,9,15H2,1H3,(H,16,19). The number of likely N-dealkylation sites (tertiary alicyclic amines) is 1. The third-order valence-electron chi connectivity index (χ3n) is 3.39. The van der Waals surface area contributed by atoms with E-state index in [1.165, 1.54) is 0 Å². The van der Waals surface area contributed by atoms with Crippen LogP contribution in [0.5, 0.6) is 0 Å². The van der Waals surface area contributed by atoms with Crippen LogP contribution in [-0.4, -0.2) is 36.3 Å². The molecule has 1 saturated heterocycles. The second kappa shape index (κ2) is 5.73.